The molecule has 0 spiro atoms. The van der Waals surface area contributed by atoms with Gasteiger partial charge in [-0.3, -0.25) is 0 Å². The van der Waals surface area contributed by atoms with Crippen LogP contribution in [0.15, 0.2) is 12.1 Å². The maximum absolute atomic E-state index is 14.1. The summed E-state index contributed by atoms with van der Waals surface area (Å²) in [5.41, 5.74) is 1.19. The first-order chi connectivity index (χ1) is 12.9. The number of carbonyl (C=O) groups is 2. The first kappa shape index (κ1) is 19.7. The Labute approximate surface area is 164 Å². The fourth-order valence-electron chi connectivity index (χ4n) is 3.62. The number of benzene rings is 1. The predicted molar refractivity (Wildman–Crippen MR) is 102 cm³/mol. The number of hydrogen-bond acceptors (Lipinski definition) is 2. The Morgan fingerprint density at radius 2 is 2.04 bits per heavy atom. The van der Waals surface area contributed by atoms with Gasteiger partial charge in [0.2, 0.25) is 0 Å². The topological polar surface area (TPSA) is 64.7 Å². The number of amides is 4. The first-order valence-corrected chi connectivity index (χ1v) is 9.76. The molecule has 1 saturated carbocycles. The third-order valence-electron chi connectivity index (χ3n) is 5.22. The van der Waals surface area contributed by atoms with E-state index in [1.807, 2.05) is 4.90 Å². The standard InChI is InChI=1S/C19H26ClFN4O2/c1-12-8-13(17(21)9-16(12)20)10-23-19(27)25(14-5-6-14)15-4-3-7-24(11-15)18(26)22-2/h8-9,14-15H,3-7,10-11H2,1-2H3,(H,22,26)(H,23,27). The molecule has 1 atom stereocenters. The molecule has 0 bridgehead atoms. The Balaban J connectivity index is 1.66. The maximum atomic E-state index is 14.1. The van der Waals surface area contributed by atoms with E-state index in [0.717, 1.165) is 31.2 Å². The average molecular weight is 397 g/mol. The van der Waals surface area contributed by atoms with Crippen molar-refractivity contribution in [3.05, 3.63) is 34.1 Å². The van der Waals surface area contributed by atoms with Crippen molar-refractivity contribution in [1.82, 2.24) is 20.4 Å². The zero-order valence-electron chi connectivity index (χ0n) is 15.7. The summed E-state index contributed by atoms with van der Waals surface area (Å²) < 4.78 is 14.1. The molecular formula is C19H26ClFN4O2. The van der Waals surface area contributed by atoms with Crippen molar-refractivity contribution >= 4 is 23.7 Å². The molecule has 6 nitrogen and oxygen atoms in total. The molecule has 27 heavy (non-hydrogen) atoms. The third-order valence-corrected chi connectivity index (χ3v) is 5.63. The minimum Gasteiger partial charge on any atom is -0.341 e. The Morgan fingerprint density at radius 3 is 2.70 bits per heavy atom. The lowest BCUT2D eigenvalue weighted by Crippen LogP contribution is -2.56. The highest BCUT2D eigenvalue weighted by atomic mass is 35.5. The van der Waals surface area contributed by atoms with E-state index in [-0.39, 0.29) is 30.7 Å². The van der Waals surface area contributed by atoms with Crippen LogP contribution in [0.25, 0.3) is 0 Å². The molecule has 0 aromatic heterocycles. The molecule has 1 aliphatic heterocycles. The van der Waals surface area contributed by atoms with Crippen LogP contribution in [0.3, 0.4) is 0 Å². The van der Waals surface area contributed by atoms with Gasteiger partial charge in [-0.25, -0.2) is 14.0 Å². The molecule has 1 unspecified atom stereocenters. The minimum atomic E-state index is -0.424. The smallest absolute Gasteiger partial charge is 0.318 e. The molecule has 3 rings (SSSR count). The summed E-state index contributed by atoms with van der Waals surface area (Å²) in [7, 11) is 1.61. The van der Waals surface area contributed by atoms with Crippen LogP contribution >= 0.6 is 11.6 Å². The Hall–Kier alpha value is -2.02. The van der Waals surface area contributed by atoms with E-state index in [4.69, 9.17) is 11.6 Å². The van der Waals surface area contributed by atoms with Gasteiger partial charge in [0.05, 0.1) is 6.04 Å². The fraction of sp³-hybridized carbons (Fsp3) is 0.579. The number of nitrogens with one attached hydrogen (secondary N) is 2. The lowest BCUT2D eigenvalue weighted by molar-refractivity contribution is 0.116. The number of aryl methyl sites for hydroxylation is 1. The monoisotopic (exact) mass is 396 g/mol. The molecule has 2 aliphatic rings. The zero-order valence-corrected chi connectivity index (χ0v) is 16.5. The van der Waals surface area contributed by atoms with Crippen molar-refractivity contribution in [3.8, 4) is 0 Å². The number of carbonyl (C=O) groups excluding carboxylic acids is 2. The first-order valence-electron chi connectivity index (χ1n) is 9.38. The van der Waals surface area contributed by atoms with Crippen LogP contribution in [0.1, 0.15) is 36.8 Å². The quantitative estimate of drug-likeness (QED) is 0.820. The van der Waals surface area contributed by atoms with Gasteiger partial charge in [-0.2, -0.15) is 0 Å². The van der Waals surface area contributed by atoms with Crippen molar-refractivity contribution in [2.24, 2.45) is 0 Å². The van der Waals surface area contributed by atoms with Crippen LogP contribution in [0.2, 0.25) is 5.02 Å². The highest BCUT2D eigenvalue weighted by Crippen LogP contribution is 2.31. The lowest BCUT2D eigenvalue weighted by Gasteiger charge is -2.39. The van der Waals surface area contributed by atoms with Crippen LogP contribution in [0.5, 0.6) is 0 Å². The zero-order chi connectivity index (χ0) is 19.6. The maximum Gasteiger partial charge on any atom is 0.318 e. The van der Waals surface area contributed by atoms with Crippen molar-refractivity contribution in [2.45, 2.75) is 51.2 Å². The summed E-state index contributed by atoms with van der Waals surface area (Å²) in [6, 6.07) is 2.81. The van der Waals surface area contributed by atoms with Crippen LogP contribution in [-0.4, -0.2) is 54.1 Å². The molecule has 0 radical (unpaired) electrons. The van der Waals surface area contributed by atoms with E-state index in [0.29, 0.717) is 23.7 Å². The molecule has 1 heterocycles. The van der Waals surface area contributed by atoms with Crippen molar-refractivity contribution in [2.75, 3.05) is 20.1 Å². The predicted octanol–water partition coefficient (Wildman–Crippen LogP) is 3.27. The summed E-state index contributed by atoms with van der Waals surface area (Å²) in [5, 5.41) is 5.87. The highest BCUT2D eigenvalue weighted by Gasteiger charge is 2.39. The van der Waals surface area contributed by atoms with Gasteiger partial charge >= 0.3 is 12.1 Å². The van der Waals surface area contributed by atoms with Gasteiger partial charge in [0, 0.05) is 43.3 Å². The van der Waals surface area contributed by atoms with Crippen LogP contribution in [0, 0.1) is 12.7 Å². The number of rotatable bonds is 4. The Bertz CT molecular complexity index is 726. The molecule has 1 aromatic carbocycles. The second-order valence-electron chi connectivity index (χ2n) is 7.29. The Kier molecular flexibility index (Phi) is 6.09. The number of nitrogens with zero attached hydrogens (tertiary/aromatic N) is 2. The summed E-state index contributed by atoms with van der Waals surface area (Å²) in [4.78, 5) is 28.4. The molecule has 4 amide bonds. The van der Waals surface area contributed by atoms with E-state index in [1.54, 1.807) is 24.9 Å². The molecule has 148 valence electrons. The normalized spacial score (nSPS) is 19.6. The molecule has 2 N–H and O–H groups in total. The number of hydrogen-bond donors (Lipinski definition) is 2. The van der Waals surface area contributed by atoms with Crippen molar-refractivity contribution < 1.29 is 14.0 Å². The van der Waals surface area contributed by atoms with Gasteiger partial charge in [0.1, 0.15) is 5.82 Å². The summed E-state index contributed by atoms with van der Waals surface area (Å²) in [6.07, 6.45) is 3.67. The molecule has 8 heteroatoms. The number of urea groups is 2. The van der Waals surface area contributed by atoms with E-state index in [2.05, 4.69) is 10.6 Å². The third kappa shape index (κ3) is 4.64. The molecular weight excluding hydrogens is 371 g/mol. The number of halogens is 2. The van der Waals surface area contributed by atoms with Gasteiger partial charge in [0.25, 0.3) is 0 Å². The molecule has 1 aliphatic carbocycles. The van der Waals surface area contributed by atoms with Crippen LogP contribution < -0.4 is 10.6 Å². The van der Waals surface area contributed by atoms with E-state index < -0.39 is 5.82 Å². The SMILES string of the molecule is CNC(=O)N1CCCC(N(C(=O)NCc2cc(C)c(Cl)cc2F)C2CC2)C1. The van der Waals surface area contributed by atoms with E-state index in [9.17, 15) is 14.0 Å². The fourth-order valence-corrected chi connectivity index (χ4v) is 3.77. The number of piperidine rings is 1. The molecule has 2 fully saturated rings. The average Bonchev–Trinajstić information content (AvgIpc) is 3.48. The van der Waals surface area contributed by atoms with Gasteiger partial charge in [-0.05, 0) is 50.3 Å². The molecule has 1 saturated heterocycles. The summed E-state index contributed by atoms with van der Waals surface area (Å²) >= 11 is 5.93. The van der Waals surface area contributed by atoms with Gasteiger partial charge in [-0.1, -0.05) is 11.6 Å². The summed E-state index contributed by atoms with van der Waals surface area (Å²) in [5.74, 6) is -0.424. The molecule has 1 aromatic rings. The minimum absolute atomic E-state index is 0.0136. The van der Waals surface area contributed by atoms with Gasteiger partial charge in [-0.15, -0.1) is 0 Å². The van der Waals surface area contributed by atoms with Crippen molar-refractivity contribution in [3.63, 3.8) is 0 Å². The Morgan fingerprint density at radius 1 is 1.30 bits per heavy atom. The van der Waals surface area contributed by atoms with Gasteiger partial charge in [0.15, 0.2) is 0 Å². The second kappa shape index (κ2) is 8.33. The van der Waals surface area contributed by atoms with E-state index >= 15 is 0 Å². The summed E-state index contributed by atoms with van der Waals surface area (Å²) in [6.45, 7) is 3.14. The second-order valence-corrected chi connectivity index (χ2v) is 7.69. The highest BCUT2D eigenvalue weighted by molar-refractivity contribution is 6.31. The largest absolute Gasteiger partial charge is 0.341 e. The van der Waals surface area contributed by atoms with Gasteiger partial charge < -0.3 is 20.4 Å². The lowest BCUT2D eigenvalue weighted by atomic mass is 10.0. The van der Waals surface area contributed by atoms with Crippen molar-refractivity contribution in [1.29, 1.82) is 0 Å². The number of likely N-dealkylation sites (tertiary alicyclic amines) is 1. The van der Waals surface area contributed by atoms with Crippen LogP contribution in [-0.2, 0) is 6.54 Å². The van der Waals surface area contributed by atoms with E-state index in [1.165, 1.54) is 6.07 Å². The van der Waals surface area contributed by atoms with Crippen LogP contribution in [0.4, 0.5) is 14.0 Å².